The minimum Gasteiger partial charge on any atom is -0.479 e. The second-order valence-corrected chi connectivity index (χ2v) is 4.72. The van der Waals surface area contributed by atoms with Gasteiger partial charge < -0.3 is 20.1 Å². The zero-order valence-electron chi connectivity index (χ0n) is 9.88. The van der Waals surface area contributed by atoms with Crippen molar-refractivity contribution < 1.29 is 19.8 Å². The van der Waals surface area contributed by atoms with Crippen LogP contribution in [-0.4, -0.2) is 39.3 Å². The van der Waals surface area contributed by atoms with Crippen LogP contribution in [0.15, 0.2) is 27.6 Å². The van der Waals surface area contributed by atoms with Crippen LogP contribution in [0.1, 0.15) is 6.42 Å². The minimum absolute atomic E-state index is 0.0229. The lowest BCUT2D eigenvalue weighted by Crippen LogP contribution is -2.34. The molecule has 8 heteroatoms. The summed E-state index contributed by atoms with van der Waals surface area (Å²) in [6.45, 7) is -0.142. The molecule has 0 saturated heterocycles. The van der Waals surface area contributed by atoms with Gasteiger partial charge in [0.1, 0.15) is 6.54 Å². The quantitative estimate of drug-likeness (QED) is 0.654. The summed E-state index contributed by atoms with van der Waals surface area (Å²) in [4.78, 5) is 33.3. The van der Waals surface area contributed by atoms with E-state index in [9.17, 15) is 14.4 Å². The van der Waals surface area contributed by atoms with Crippen molar-refractivity contribution in [3.05, 3.63) is 33.2 Å². The van der Waals surface area contributed by atoms with Crippen molar-refractivity contribution in [2.24, 2.45) is 0 Å². The van der Waals surface area contributed by atoms with E-state index in [1.54, 1.807) is 6.07 Å². The first kappa shape index (κ1) is 15.4. The second-order valence-electron chi connectivity index (χ2n) is 3.81. The first-order valence-corrected chi connectivity index (χ1v) is 6.23. The standard InChI is InChI=1S/C11H13BrN2O5/c12-7-1-2-10(17)14(5-7)6-9(16)13-4-3-8(15)11(18)19/h1-2,5,8,15H,3-4,6H2,(H,13,16)(H,18,19). The van der Waals surface area contributed by atoms with Crippen molar-refractivity contribution in [2.75, 3.05) is 6.54 Å². The van der Waals surface area contributed by atoms with Gasteiger partial charge in [-0.15, -0.1) is 0 Å². The van der Waals surface area contributed by atoms with Crippen molar-refractivity contribution in [3.8, 4) is 0 Å². The lowest BCUT2D eigenvalue weighted by Gasteiger charge is -2.09. The number of nitrogens with zero attached hydrogens (tertiary/aromatic N) is 1. The molecule has 1 aromatic rings. The van der Waals surface area contributed by atoms with Crippen LogP contribution in [0.4, 0.5) is 0 Å². The lowest BCUT2D eigenvalue weighted by molar-refractivity contribution is -0.147. The van der Waals surface area contributed by atoms with Crippen LogP contribution in [0.2, 0.25) is 0 Å². The molecule has 1 heterocycles. The molecule has 0 spiro atoms. The maximum atomic E-state index is 11.5. The highest BCUT2D eigenvalue weighted by Gasteiger charge is 2.13. The Labute approximate surface area is 117 Å². The first-order chi connectivity index (χ1) is 8.90. The molecule has 0 aromatic carbocycles. The number of nitrogens with one attached hydrogen (secondary N) is 1. The van der Waals surface area contributed by atoms with Crippen molar-refractivity contribution in [1.82, 2.24) is 9.88 Å². The molecule has 0 fully saturated rings. The molecule has 1 aromatic heterocycles. The molecule has 0 aliphatic heterocycles. The lowest BCUT2D eigenvalue weighted by atomic mass is 10.2. The summed E-state index contributed by atoms with van der Waals surface area (Å²) in [5, 5.41) is 19.9. The average molecular weight is 333 g/mol. The van der Waals surface area contributed by atoms with E-state index in [1.165, 1.54) is 16.8 Å². The van der Waals surface area contributed by atoms with Crippen LogP contribution < -0.4 is 10.9 Å². The predicted octanol–water partition coefficient (Wildman–Crippen LogP) is -0.437. The molecule has 1 rings (SSSR count). The van der Waals surface area contributed by atoms with Gasteiger partial charge in [-0.3, -0.25) is 9.59 Å². The van der Waals surface area contributed by atoms with E-state index in [-0.39, 0.29) is 25.1 Å². The van der Waals surface area contributed by atoms with Crippen molar-refractivity contribution >= 4 is 27.8 Å². The Balaban J connectivity index is 2.45. The molecule has 1 amide bonds. The molecular weight excluding hydrogens is 320 g/mol. The molecule has 0 radical (unpaired) electrons. The number of aliphatic hydroxyl groups excluding tert-OH is 1. The van der Waals surface area contributed by atoms with Gasteiger partial charge in [0.2, 0.25) is 5.91 Å². The zero-order chi connectivity index (χ0) is 14.4. The highest BCUT2D eigenvalue weighted by molar-refractivity contribution is 9.10. The highest BCUT2D eigenvalue weighted by atomic mass is 79.9. The van der Waals surface area contributed by atoms with Crippen molar-refractivity contribution in [1.29, 1.82) is 0 Å². The SMILES string of the molecule is O=C(Cn1cc(Br)ccc1=O)NCCC(O)C(=O)O. The molecule has 7 nitrogen and oxygen atoms in total. The Morgan fingerprint density at radius 3 is 2.74 bits per heavy atom. The number of carboxylic acids is 1. The fourth-order valence-electron chi connectivity index (χ4n) is 1.31. The van der Waals surface area contributed by atoms with E-state index in [1.807, 2.05) is 0 Å². The summed E-state index contributed by atoms with van der Waals surface area (Å²) in [6, 6.07) is 2.89. The number of carboxylic acid groups (broad SMARTS) is 1. The summed E-state index contributed by atoms with van der Waals surface area (Å²) >= 11 is 3.18. The van der Waals surface area contributed by atoms with Crippen LogP contribution in [0.5, 0.6) is 0 Å². The second kappa shape index (κ2) is 7.05. The number of aliphatic carboxylic acids is 1. The first-order valence-electron chi connectivity index (χ1n) is 5.43. The molecule has 0 saturated carbocycles. The number of halogens is 1. The minimum atomic E-state index is -1.51. The largest absolute Gasteiger partial charge is 0.479 e. The van der Waals surface area contributed by atoms with Gasteiger partial charge in [-0.2, -0.15) is 0 Å². The van der Waals surface area contributed by atoms with E-state index in [0.29, 0.717) is 4.47 Å². The number of carbonyl (C=O) groups is 2. The summed E-state index contributed by atoms with van der Waals surface area (Å²) in [5.41, 5.74) is -0.316. The van der Waals surface area contributed by atoms with Crippen LogP contribution in [-0.2, 0) is 16.1 Å². The zero-order valence-corrected chi connectivity index (χ0v) is 11.5. The normalized spacial score (nSPS) is 11.9. The van der Waals surface area contributed by atoms with Crippen LogP contribution in [0.25, 0.3) is 0 Å². The Morgan fingerprint density at radius 1 is 1.42 bits per heavy atom. The number of rotatable bonds is 6. The van der Waals surface area contributed by atoms with Gasteiger partial charge >= 0.3 is 5.97 Å². The van der Waals surface area contributed by atoms with Gasteiger partial charge in [0, 0.05) is 29.7 Å². The fraction of sp³-hybridized carbons (Fsp3) is 0.364. The van der Waals surface area contributed by atoms with Crippen LogP contribution in [0.3, 0.4) is 0 Å². The highest BCUT2D eigenvalue weighted by Crippen LogP contribution is 2.04. The van der Waals surface area contributed by atoms with Crippen molar-refractivity contribution in [3.63, 3.8) is 0 Å². The predicted molar refractivity (Wildman–Crippen MR) is 69.7 cm³/mol. The van der Waals surface area contributed by atoms with Crippen LogP contribution in [0, 0.1) is 0 Å². The van der Waals surface area contributed by atoms with Gasteiger partial charge in [0.25, 0.3) is 5.56 Å². The fourth-order valence-corrected chi connectivity index (χ4v) is 1.69. The van der Waals surface area contributed by atoms with E-state index < -0.39 is 18.0 Å². The van der Waals surface area contributed by atoms with E-state index in [2.05, 4.69) is 21.2 Å². The third-order valence-corrected chi connectivity index (χ3v) is 2.76. The summed E-state index contributed by atoms with van der Waals surface area (Å²) in [7, 11) is 0. The summed E-state index contributed by atoms with van der Waals surface area (Å²) in [6.07, 6.45) is -0.114. The number of aliphatic hydroxyl groups is 1. The monoisotopic (exact) mass is 332 g/mol. The maximum Gasteiger partial charge on any atom is 0.332 e. The number of pyridine rings is 1. The summed E-state index contributed by atoms with van der Waals surface area (Å²) < 4.78 is 1.88. The van der Waals surface area contributed by atoms with Gasteiger partial charge in [-0.05, 0) is 22.0 Å². The van der Waals surface area contributed by atoms with Crippen LogP contribution >= 0.6 is 15.9 Å². The van der Waals surface area contributed by atoms with Crippen molar-refractivity contribution in [2.45, 2.75) is 19.1 Å². The molecular formula is C11H13BrN2O5. The maximum absolute atomic E-state index is 11.5. The number of hydrogen-bond donors (Lipinski definition) is 3. The third kappa shape index (κ3) is 5.23. The Kier molecular flexibility index (Phi) is 5.71. The Bertz CT molecular complexity index is 528. The molecule has 0 bridgehead atoms. The Hall–Kier alpha value is -1.67. The van der Waals surface area contributed by atoms with E-state index in [0.717, 1.165) is 0 Å². The van der Waals surface area contributed by atoms with Gasteiger partial charge in [-0.25, -0.2) is 4.79 Å². The van der Waals surface area contributed by atoms with E-state index >= 15 is 0 Å². The molecule has 19 heavy (non-hydrogen) atoms. The topological polar surface area (TPSA) is 109 Å². The smallest absolute Gasteiger partial charge is 0.332 e. The number of hydrogen-bond acceptors (Lipinski definition) is 4. The molecule has 1 atom stereocenters. The molecule has 104 valence electrons. The molecule has 1 unspecified atom stereocenters. The van der Waals surface area contributed by atoms with E-state index in [4.69, 9.17) is 10.2 Å². The number of aromatic nitrogens is 1. The third-order valence-electron chi connectivity index (χ3n) is 2.29. The van der Waals surface area contributed by atoms with Gasteiger partial charge in [-0.1, -0.05) is 0 Å². The molecule has 3 N–H and O–H groups in total. The van der Waals surface area contributed by atoms with Gasteiger partial charge in [0.15, 0.2) is 6.10 Å². The number of carbonyl (C=O) groups excluding carboxylic acids is 1. The average Bonchev–Trinajstić information content (AvgIpc) is 2.33. The summed E-state index contributed by atoms with van der Waals surface area (Å²) in [5.74, 6) is -1.77. The van der Waals surface area contributed by atoms with Gasteiger partial charge in [0.05, 0.1) is 0 Å². The number of amides is 1. The molecule has 0 aliphatic carbocycles. The molecule has 0 aliphatic rings. The Morgan fingerprint density at radius 2 is 2.11 bits per heavy atom.